The van der Waals surface area contributed by atoms with Gasteiger partial charge in [0.25, 0.3) is 0 Å². The maximum Gasteiger partial charge on any atom is 0.220 e. The number of hydrogen-bond donors (Lipinski definition) is 0. The van der Waals surface area contributed by atoms with Crippen LogP contribution in [0.15, 0.2) is 24.3 Å². The predicted molar refractivity (Wildman–Crippen MR) is 60.3 cm³/mol. The number of carbonyl (C=O) groups excluding carboxylic acids is 2. The number of Topliss-reactive ketones (excluding diaryl/α,β-unsaturated/α-hetero) is 2. The fourth-order valence-electron chi connectivity index (χ4n) is 1.42. The van der Waals surface area contributed by atoms with Gasteiger partial charge in [-0.2, -0.15) is 0 Å². The Morgan fingerprint density at radius 2 is 2.00 bits per heavy atom. The molecule has 0 bridgehead atoms. The Hall–Kier alpha value is -1.51. The molecule has 0 amide bonds. The summed E-state index contributed by atoms with van der Waals surface area (Å²) in [6.45, 7) is 3.50. The minimum Gasteiger partial charge on any atom is -0.296 e. The first-order chi connectivity index (χ1) is 7.60. The lowest BCUT2D eigenvalue weighted by Crippen LogP contribution is -2.25. The SMILES string of the molecule is CCC(=O)C(F)C(=O)c1cccc(CC)c1. The van der Waals surface area contributed by atoms with E-state index in [9.17, 15) is 14.0 Å². The first kappa shape index (κ1) is 12.6. The lowest BCUT2D eigenvalue weighted by atomic mass is 10.0. The molecule has 1 aromatic rings. The highest BCUT2D eigenvalue weighted by Gasteiger charge is 2.25. The van der Waals surface area contributed by atoms with E-state index in [1.54, 1.807) is 19.1 Å². The summed E-state index contributed by atoms with van der Waals surface area (Å²) >= 11 is 0. The third kappa shape index (κ3) is 2.75. The second-order valence-corrected chi connectivity index (χ2v) is 3.60. The summed E-state index contributed by atoms with van der Waals surface area (Å²) in [4.78, 5) is 22.7. The van der Waals surface area contributed by atoms with E-state index in [1.165, 1.54) is 6.07 Å². The van der Waals surface area contributed by atoms with E-state index in [0.717, 1.165) is 12.0 Å². The normalized spacial score (nSPS) is 12.2. The van der Waals surface area contributed by atoms with Gasteiger partial charge in [0.15, 0.2) is 5.78 Å². The van der Waals surface area contributed by atoms with Gasteiger partial charge < -0.3 is 0 Å². The maximum atomic E-state index is 13.4. The standard InChI is InChI=1S/C13H15FO2/c1-3-9-6-5-7-10(8-9)13(16)12(14)11(15)4-2/h5-8,12H,3-4H2,1-2H3. The van der Waals surface area contributed by atoms with Gasteiger partial charge in [0.2, 0.25) is 12.0 Å². The average Bonchev–Trinajstić information content (AvgIpc) is 2.36. The fraction of sp³-hybridized carbons (Fsp3) is 0.385. The number of ketones is 2. The zero-order chi connectivity index (χ0) is 12.1. The van der Waals surface area contributed by atoms with Gasteiger partial charge in [0.05, 0.1) is 0 Å². The molecule has 0 aliphatic heterocycles. The topological polar surface area (TPSA) is 34.1 Å². The van der Waals surface area contributed by atoms with E-state index in [1.807, 2.05) is 13.0 Å². The number of alkyl halides is 1. The summed E-state index contributed by atoms with van der Waals surface area (Å²) < 4.78 is 13.4. The summed E-state index contributed by atoms with van der Waals surface area (Å²) in [5, 5.41) is 0. The van der Waals surface area contributed by atoms with Crippen molar-refractivity contribution >= 4 is 11.6 Å². The van der Waals surface area contributed by atoms with Crippen LogP contribution in [0, 0.1) is 0 Å². The van der Waals surface area contributed by atoms with Crippen LogP contribution >= 0.6 is 0 Å². The summed E-state index contributed by atoms with van der Waals surface area (Å²) in [5.41, 5.74) is 1.23. The van der Waals surface area contributed by atoms with Crippen molar-refractivity contribution in [3.05, 3.63) is 35.4 Å². The van der Waals surface area contributed by atoms with Crippen LogP contribution < -0.4 is 0 Å². The molecule has 16 heavy (non-hydrogen) atoms. The van der Waals surface area contributed by atoms with Crippen molar-refractivity contribution in [2.75, 3.05) is 0 Å². The molecule has 1 rings (SSSR count). The largest absolute Gasteiger partial charge is 0.296 e. The molecule has 1 aromatic carbocycles. The van der Waals surface area contributed by atoms with Gasteiger partial charge in [-0.25, -0.2) is 4.39 Å². The lowest BCUT2D eigenvalue weighted by Gasteiger charge is -2.06. The number of aryl methyl sites for hydroxylation is 1. The van der Waals surface area contributed by atoms with Gasteiger partial charge in [0.1, 0.15) is 0 Å². The molecular formula is C13H15FO2. The first-order valence-electron chi connectivity index (χ1n) is 5.40. The molecule has 0 aliphatic carbocycles. The minimum atomic E-state index is -2.02. The molecule has 0 spiro atoms. The van der Waals surface area contributed by atoms with Crippen molar-refractivity contribution in [1.29, 1.82) is 0 Å². The van der Waals surface area contributed by atoms with E-state index < -0.39 is 17.7 Å². The molecule has 0 fully saturated rings. The average molecular weight is 222 g/mol. The Morgan fingerprint density at radius 3 is 2.56 bits per heavy atom. The van der Waals surface area contributed by atoms with Crippen LogP contribution in [0.1, 0.15) is 36.2 Å². The quantitative estimate of drug-likeness (QED) is 0.567. The van der Waals surface area contributed by atoms with Crippen LogP contribution in [-0.4, -0.2) is 17.7 Å². The second kappa shape index (κ2) is 5.54. The van der Waals surface area contributed by atoms with Crippen LogP contribution in [0.2, 0.25) is 0 Å². The van der Waals surface area contributed by atoms with Gasteiger partial charge in [-0.05, 0) is 18.1 Å². The van der Waals surface area contributed by atoms with Gasteiger partial charge in [0, 0.05) is 12.0 Å². The lowest BCUT2D eigenvalue weighted by molar-refractivity contribution is -0.121. The smallest absolute Gasteiger partial charge is 0.220 e. The molecule has 0 heterocycles. The minimum absolute atomic E-state index is 0.0420. The zero-order valence-corrected chi connectivity index (χ0v) is 9.50. The van der Waals surface area contributed by atoms with E-state index in [2.05, 4.69) is 0 Å². The number of halogens is 1. The number of benzene rings is 1. The Bertz CT molecular complexity index is 399. The molecule has 0 N–H and O–H groups in total. The maximum absolute atomic E-state index is 13.4. The fourth-order valence-corrected chi connectivity index (χ4v) is 1.42. The Labute approximate surface area is 94.5 Å². The molecule has 0 saturated carbocycles. The summed E-state index contributed by atoms with van der Waals surface area (Å²) in [5.74, 6) is -1.39. The highest BCUT2D eigenvalue weighted by molar-refractivity contribution is 6.13. The molecule has 0 saturated heterocycles. The molecule has 2 nitrogen and oxygen atoms in total. The summed E-state index contributed by atoms with van der Waals surface area (Å²) in [7, 11) is 0. The van der Waals surface area contributed by atoms with Crippen molar-refractivity contribution < 1.29 is 14.0 Å². The molecule has 1 unspecified atom stereocenters. The van der Waals surface area contributed by atoms with Gasteiger partial charge in [-0.1, -0.05) is 32.0 Å². The molecule has 86 valence electrons. The molecule has 0 radical (unpaired) electrons. The molecule has 0 aromatic heterocycles. The van der Waals surface area contributed by atoms with Crippen LogP contribution in [0.3, 0.4) is 0 Å². The zero-order valence-electron chi connectivity index (χ0n) is 9.50. The van der Waals surface area contributed by atoms with Gasteiger partial charge >= 0.3 is 0 Å². The van der Waals surface area contributed by atoms with E-state index in [4.69, 9.17) is 0 Å². The van der Waals surface area contributed by atoms with Crippen LogP contribution in [-0.2, 0) is 11.2 Å². The number of hydrogen-bond acceptors (Lipinski definition) is 2. The predicted octanol–water partition coefficient (Wildman–Crippen LogP) is 2.75. The van der Waals surface area contributed by atoms with Crippen molar-refractivity contribution in [2.24, 2.45) is 0 Å². The van der Waals surface area contributed by atoms with Crippen molar-refractivity contribution in [1.82, 2.24) is 0 Å². The summed E-state index contributed by atoms with van der Waals surface area (Å²) in [6, 6.07) is 6.75. The third-order valence-corrected chi connectivity index (χ3v) is 2.48. The van der Waals surface area contributed by atoms with Crippen LogP contribution in [0.5, 0.6) is 0 Å². The highest BCUT2D eigenvalue weighted by Crippen LogP contribution is 2.11. The molecular weight excluding hydrogens is 207 g/mol. The monoisotopic (exact) mass is 222 g/mol. The Morgan fingerprint density at radius 1 is 1.31 bits per heavy atom. The van der Waals surface area contributed by atoms with E-state index in [0.29, 0.717) is 0 Å². The Balaban J connectivity index is 2.91. The van der Waals surface area contributed by atoms with Crippen LogP contribution in [0.25, 0.3) is 0 Å². The Kier molecular flexibility index (Phi) is 4.35. The van der Waals surface area contributed by atoms with Crippen molar-refractivity contribution in [2.45, 2.75) is 32.9 Å². The van der Waals surface area contributed by atoms with E-state index >= 15 is 0 Å². The number of rotatable bonds is 5. The number of carbonyl (C=O) groups is 2. The van der Waals surface area contributed by atoms with Crippen molar-refractivity contribution in [3.8, 4) is 0 Å². The van der Waals surface area contributed by atoms with Gasteiger partial charge in [-0.15, -0.1) is 0 Å². The molecule has 3 heteroatoms. The molecule has 1 atom stereocenters. The third-order valence-electron chi connectivity index (χ3n) is 2.48. The van der Waals surface area contributed by atoms with Gasteiger partial charge in [-0.3, -0.25) is 9.59 Å². The highest BCUT2D eigenvalue weighted by atomic mass is 19.1. The molecule has 0 aliphatic rings. The van der Waals surface area contributed by atoms with E-state index in [-0.39, 0.29) is 12.0 Å². The second-order valence-electron chi connectivity index (χ2n) is 3.60. The summed E-state index contributed by atoms with van der Waals surface area (Å²) in [6.07, 6.45) is -1.20. The van der Waals surface area contributed by atoms with Crippen LogP contribution in [0.4, 0.5) is 4.39 Å². The van der Waals surface area contributed by atoms with Crippen molar-refractivity contribution in [3.63, 3.8) is 0 Å². The first-order valence-corrected chi connectivity index (χ1v) is 5.40.